The molecule has 0 unspecified atom stereocenters. The second kappa shape index (κ2) is 11.4. The maximum absolute atomic E-state index is 12.7. The Balaban J connectivity index is 1.81. The van der Waals surface area contributed by atoms with E-state index in [2.05, 4.69) is 11.4 Å². The van der Waals surface area contributed by atoms with Crippen LogP contribution in [0.2, 0.25) is 0 Å². The van der Waals surface area contributed by atoms with Gasteiger partial charge in [-0.15, -0.1) is 0 Å². The molecule has 0 aliphatic heterocycles. The van der Waals surface area contributed by atoms with Crippen LogP contribution in [0.15, 0.2) is 66.2 Å². The number of hydrogen-bond acceptors (Lipinski definition) is 5. The van der Waals surface area contributed by atoms with Crippen LogP contribution in [0.25, 0.3) is 6.08 Å². The van der Waals surface area contributed by atoms with Gasteiger partial charge in [0.1, 0.15) is 18.2 Å². The lowest BCUT2D eigenvalue weighted by Gasteiger charge is -2.13. The van der Waals surface area contributed by atoms with E-state index in [9.17, 15) is 15.3 Å². The fourth-order valence-corrected chi connectivity index (χ4v) is 3.37. The van der Waals surface area contributed by atoms with Gasteiger partial charge in [-0.3, -0.25) is 4.79 Å². The molecule has 34 heavy (non-hydrogen) atoms. The number of carbonyl (C=O) groups excluding carboxylic acids is 1. The number of hydrogen-bond donors (Lipinski definition) is 1. The first kappa shape index (κ1) is 24.1. The molecule has 0 radical (unpaired) electrons. The van der Waals surface area contributed by atoms with Crippen molar-refractivity contribution >= 4 is 17.7 Å². The Labute approximate surface area is 199 Å². The number of aryl methyl sites for hydroxylation is 2. The van der Waals surface area contributed by atoms with Gasteiger partial charge >= 0.3 is 0 Å². The number of rotatable bonds is 8. The number of nitrogens with zero attached hydrogens (tertiary/aromatic N) is 2. The third-order valence-corrected chi connectivity index (χ3v) is 5.09. The zero-order valence-electron chi connectivity index (χ0n) is 19.4. The number of anilines is 1. The highest BCUT2D eigenvalue weighted by Crippen LogP contribution is 2.30. The Kier molecular flexibility index (Phi) is 8.05. The lowest BCUT2D eigenvalue weighted by molar-refractivity contribution is -0.112. The van der Waals surface area contributed by atoms with Crippen LogP contribution in [0.5, 0.6) is 11.5 Å². The van der Waals surface area contributed by atoms with Gasteiger partial charge in [-0.05, 0) is 62.2 Å². The number of nitrogens with one attached hydrogen (secondary N) is 1. The van der Waals surface area contributed by atoms with Gasteiger partial charge in [0.05, 0.1) is 18.2 Å². The van der Waals surface area contributed by atoms with Crippen LogP contribution in [-0.4, -0.2) is 12.5 Å². The number of nitriles is 2. The van der Waals surface area contributed by atoms with Crippen LogP contribution in [0.1, 0.15) is 34.7 Å². The monoisotopic (exact) mass is 451 g/mol. The molecule has 1 N–H and O–H groups in total. The lowest BCUT2D eigenvalue weighted by Crippen LogP contribution is -2.14. The molecule has 0 bridgehead atoms. The van der Waals surface area contributed by atoms with E-state index >= 15 is 0 Å². The molecule has 0 aromatic heterocycles. The molecule has 0 fully saturated rings. The second-order valence-electron chi connectivity index (χ2n) is 7.64. The van der Waals surface area contributed by atoms with Crippen LogP contribution in [0.3, 0.4) is 0 Å². The minimum atomic E-state index is -0.485. The predicted molar refractivity (Wildman–Crippen MR) is 131 cm³/mol. The molecule has 6 nitrogen and oxygen atoms in total. The second-order valence-corrected chi connectivity index (χ2v) is 7.64. The lowest BCUT2D eigenvalue weighted by atomic mass is 10.1. The van der Waals surface area contributed by atoms with Crippen LogP contribution in [-0.2, 0) is 11.4 Å². The normalized spacial score (nSPS) is 10.7. The van der Waals surface area contributed by atoms with Gasteiger partial charge in [0.15, 0.2) is 11.5 Å². The summed E-state index contributed by atoms with van der Waals surface area (Å²) in [4.78, 5) is 12.7. The topological polar surface area (TPSA) is 95.1 Å². The summed E-state index contributed by atoms with van der Waals surface area (Å²) in [7, 11) is 0. The third kappa shape index (κ3) is 6.03. The smallest absolute Gasteiger partial charge is 0.266 e. The first-order valence-corrected chi connectivity index (χ1v) is 10.8. The molecule has 0 aliphatic rings. The van der Waals surface area contributed by atoms with E-state index < -0.39 is 5.91 Å². The molecule has 0 heterocycles. The van der Waals surface area contributed by atoms with Crippen molar-refractivity contribution < 1.29 is 14.3 Å². The van der Waals surface area contributed by atoms with Crippen molar-refractivity contribution in [3.05, 3.63) is 94.1 Å². The molecule has 0 saturated carbocycles. The summed E-state index contributed by atoms with van der Waals surface area (Å²) < 4.78 is 11.6. The van der Waals surface area contributed by atoms with E-state index in [4.69, 9.17) is 9.47 Å². The Morgan fingerprint density at radius 3 is 2.50 bits per heavy atom. The molecule has 3 aromatic rings. The zero-order valence-corrected chi connectivity index (χ0v) is 19.4. The molecule has 0 aliphatic carbocycles. The van der Waals surface area contributed by atoms with Crippen LogP contribution >= 0.6 is 0 Å². The molecule has 0 spiro atoms. The third-order valence-electron chi connectivity index (χ3n) is 5.09. The summed E-state index contributed by atoms with van der Waals surface area (Å²) in [6, 6.07) is 22.2. The van der Waals surface area contributed by atoms with Gasteiger partial charge in [-0.1, -0.05) is 42.0 Å². The van der Waals surface area contributed by atoms with Crippen LogP contribution in [0.4, 0.5) is 5.69 Å². The summed E-state index contributed by atoms with van der Waals surface area (Å²) in [5.41, 5.74) is 4.59. The van der Waals surface area contributed by atoms with Gasteiger partial charge in [-0.2, -0.15) is 10.5 Å². The zero-order chi connectivity index (χ0) is 24.5. The molecule has 6 heteroatoms. The highest BCUT2D eigenvalue weighted by atomic mass is 16.5. The van der Waals surface area contributed by atoms with Crippen molar-refractivity contribution in [3.63, 3.8) is 0 Å². The molecule has 1 amide bonds. The Morgan fingerprint density at radius 2 is 1.79 bits per heavy atom. The van der Waals surface area contributed by atoms with Gasteiger partial charge in [0.25, 0.3) is 5.91 Å². The van der Waals surface area contributed by atoms with E-state index in [0.717, 1.165) is 16.7 Å². The van der Waals surface area contributed by atoms with Crippen molar-refractivity contribution in [1.29, 1.82) is 10.5 Å². The summed E-state index contributed by atoms with van der Waals surface area (Å²) in [6.45, 7) is 6.36. The van der Waals surface area contributed by atoms with Crippen molar-refractivity contribution in [2.24, 2.45) is 0 Å². The SMILES string of the molecule is CCOc1cc(/C=C(\C#N)C(=O)Nc2ccc(C)cc2C)ccc1OCc1ccccc1C#N. The van der Waals surface area contributed by atoms with Crippen molar-refractivity contribution in [3.8, 4) is 23.6 Å². The predicted octanol–water partition coefficient (Wildman–Crippen LogP) is 5.70. The standard InChI is InChI=1S/C28H25N3O3/c1-4-33-27-15-21(10-12-26(27)34-18-23-8-6-5-7-22(23)16-29)14-24(17-30)28(32)31-25-11-9-19(2)13-20(25)3/h5-15H,4,18H2,1-3H3,(H,31,32)/b24-14+. The Hall–Kier alpha value is -4.55. The Bertz CT molecular complexity index is 1310. The first-order valence-electron chi connectivity index (χ1n) is 10.8. The maximum Gasteiger partial charge on any atom is 0.266 e. The van der Waals surface area contributed by atoms with E-state index in [1.807, 2.05) is 57.2 Å². The number of ether oxygens (including phenoxy) is 2. The molecule has 170 valence electrons. The highest BCUT2D eigenvalue weighted by Gasteiger charge is 2.13. The average Bonchev–Trinajstić information content (AvgIpc) is 2.84. The molecule has 0 saturated heterocycles. The molecule has 3 rings (SSSR count). The largest absolute Gasteiger partial charge is 0.490 e. The van der Waals surface area contributed by atoms with Crippen LogP contribution in [0, 0.1) is 36.5 Å². The van der Waals surface area contributed by atoms with Gasteiger partial charge in [-0.25, -0.2) is 0 Å². The fourth-order valence-electron chi connectivity index (χ4n) is 3.37. The fraction of sp³-hybridized carbons (Fsp3) is 0.179. The molecular weight excluding hydrogens is 426 g/mol. The number of carbonyl (C=O) groups is 1. The molecule has 0 atom stereocenters. The van der Waals surface area contributed by atoms with Gasteiger partial charge < -0.3 is 14.8 Å². The first-order chi connectivity index (χ1) is 16.4. The minimum Gasteiger partial charge on any atom is -0.490 e. The number of benzene rings is 3. The number of amides is 1. The van der Waals surface area contributed by atoms with E-state index in [1.165, 1.54) is 6.08 Å². The average molecular weight is 452 g/mol. The summed E-state index contributed by atoms with van der Waals surface area (Å²) in [6.07, 6.45) is 1.51. The van der Waals surface area contributed by atoms with Crippen molar-refractivity contribution in [2.45, 2.75) is 27.4 Å². The summed E-state index contributed by atoms with van der Waals surface area (Å²) >= 11 is 0. The van der Waals surface area contributed by atoms with Crippen molar-refractivity contribution in [2.75, 3.05) is 11.9 Å². The summed E-state index contributed by atoms with van der Waals surface area (Å²) in [5, 5.41) is 21.6. The molecule has 3 aromatic carbocycles. The molecular formula is C28H25N3O3. The maximum atomic E-state index is 12.7. The van der Waals surface area contributed by atoms with Gasteiger partial charge in [0, 0.05) is 11.3 Å². The quantitative estimate of drug-likeness (QED) is 0.350. The summed E-state index contributed by atoms with van der Waals surface area (Å²) in [5.74, 6) is 0.503. The Morgan fingerprint density at radius 1 is 1.00 bits per heavy atom. The van der Waals surface area contributed by atoms with E-state index in [1.54, 1.807) is 30.3 Å². The van der Waals surface area contributed by atoms with Crippen molar-refractivity contribution in [1.82, 2.24) is 0 Å². The minimum absolute atomic E-state index is 0.0287. The highest BCUT2D eigenvalue weighted by molar-refractivity contribution is 6.10. The van der Waals surface area contributed by atoms with Crippen LogP contribution < -0.4 is 14.8 Å². The van der Waals surface area contributed by atoms with E-state index in [-0.39, 0.29) is 12.2 Å². The van der Waals surface area contributed by atoms with Gasteiger partial charge in [0.2, 0.25) is 0 Å². The van der Waals surface area contributed by atoms with E-state index in [0.29, 0.717) is 34.9 Å².